The Labute approximate surface area is 172 Å². The predicted molar refractivity (Wildman–Crippen MR) is 113 cm³/mol. The highest BCUT2D eigenvalue weighted by molar-refractivity contribution is 5.88. The first-order chi connectivity index (χ1) is 14.0. The predicted octanol–water partition coefficient (Wildman–Crippen LogP) is 3.41. The van der Waals surface area contributed by atoms with E-state index >= 15 is 0 Å². The molecule has 6 heteroatoms. The Morgan fingerprint density at radius 2 is 1.62 bits per heavy atom. The van der Waals surface area contributed by atoms with E-state index in [1.165, 1.54) is 0 Å². The number of amides is 2. The minimum absolute atomic E-state index is 0.0449. The van der Waals surface area contributed by atoms with Crippen LogP contribution >= 0.6 is 0 Å². The van der Waals surface area contributed by atoms with Gasteiger partial charge >= 0.3 is 0 Å². The molecule has 0 saturated heterocycles. The second-order valence-corrected chi connectivity index (χ2v) is 6.94. The first kappa shape index (κ1) is 22.3. The molecular weight excluding hydrogens is 368 g/mol. The SMILES string of the molecule is CC[C@@H](C)NC(=O)[C@@H](C)N(Cc1ccccc1)C(=O)COc1ccccc1OC. The van der Waals surface area contributed by atoms with Crippen LogP contribution in [0.15, 0.2) is 54.6 Å². The molecule has 0 aliphatic rings. The lowest BCUT2D eigenvalue weighted by Crippen LogP contribution is -2.50. The summed E-state index contributed by atoms with van der Waals surface area (Å²) in [6.07, 6.45) is 0.821. The zero-order chi connectivity index (χ0) is 21.2. The molecule has 1 N–H and O–H groups in total. The smallest absolute Gasteiger partial charge is 0.261 e. The monoisotopic (exact) mass is 398 g/mol. The molecule has 0 bridgehead atoms. The summed E-state index contributed by atoms with van der Waals surface area (Å²) in [5.41, 5.74) is 0.946. The van der Waals surface area contributed by atoms with Gasteiger partial charge in [-0.3, -0.25) is 9.59 Å². The molecule has 2 atom stereocenters. The molecule has 0 aliphatic heterocycles. The molecule has 156 valence electrons. The van der Waals surface area contributed by atoms with Gasteiger partial charge in [-0.05, 0) is 38.0 Å². The van der Waals surface area contributed by atoms with Gasteiger partial charge in [-0.2, -0.15) is 0 Å². The molecule has 0 radical (unpaired) electrons. The molecule has 0 saturated carbocycles. The maximum absolute atomic E-state index is 13.0. The number of nitrogens with one attached hydrogen (secondary N) is 1. The molecule has 2 amide bonds. The Balaban J connectivity index is 2.14. The van der Waals surface area contributed by atoms with Crippen molar-refractivity contribution in [3.8, 4) is 11.5 Å². The van der Waals surface area contributed by atoms with Gasteiger partial charge in [0.25, 0.3) is 5.91 Å². The fourth-order valence-corrected chi connectivity index (χ4v) is 2.79. The average molecular weight is 399 g/mol. The summed E-state index contributed by atoms with van der Waals surface area (Å²) in [6, 6.07) is 16.2. The zero-order valence-corrected chi connectivity index (χ0v) is 17.6. The Morgan fingerprint density at radius 1 is 1.00 bits per heavy atom. The van der Waals surface area contributed by atoms with Gasteiger partial charge in [0, 0.05) is 12.6 Å². The van der Waals surface area contributed by atoms with Crippen molar-refractivity contribution < 1.29 is 19.1 Å². The number of carbonyl (C=O) groups is 2. The van der Waals surface area contributed by atoms with E-state index in [2.05, 4.69) is 5.32 Å². The van der Waals surface area contributed by atoms with E-state index in [-0.39, 0.29) is 24.5 Å². The molecule has 2 aromatic carbocycles. The lowest BCUT2D eigenvalue weighted by atomic mass is 10.1. The third kappa shape index (κ3) is 6.52. The number of carbonyl (C=O) groups excluding carboxylic acids is 2. The van der Waals surface area contributed by atoms with Crippen molar-refractivity contribution in [2.24, 2.45) is 0 Å². The highest BCUT2D eigenvalue weighted by Crippen LogP contribution is 2.25. The van der Waals surface area contributed by atoms with Crippen LogP contribution in [0.1, 0.15) is 32.8 Å². The molecular formula is C23H30N2O4. The maximum atomic E-state index is 13.0. The first-order valence-corrected chi connectivity index (χ1v) is 9.85. The number of ether oxygens (including phenoxy) is 2. The van der Waals surface area contributed by atoms with Gasteiger partial charge in [-0.15, -0.1) is 0 Å². The Hall–Kier alpha value is -3.02. The van der Waals surface area contributed by atoms with E-state index in [1.807, 2.05) is 56.3 Å². The zero-order valence-electron chi connectivity index (χ0n) is 17.6. The Kier molecular flexibility index (Phi) is 8.52. The quantitative estimate of drug-likeness (QED) is 0.666. The molecule has 0 aromatic heterocycles. The van der Waals surface area contributed by atoms with Crippen molar-refractivity contribution in [2.45, 2.75) is 45.8 Å². The summed E-state index contributed by atoms with van der Waals surface area (Å²) in [4.78, 5) is 27.2. The third-order valence-electron chi connectivity index (χ3n) is 4.78. The number of benzene rings is 2. The van der Waals surface area contributed by atoms with E-state index in [0.29, 0.717) is 18.0 Å². The largest absolute Gasteiger partial charge is 0.493 e. The van der Waals surface area contributed by atoms with Crippen LogP contribution in [0, 0.1) is 0 Å². The van der Waals surface area contributed by atoms with Crippen LogP contribution in [0.5, 0.6) is 11.5 Å². The van der Waals surface area contributed by atoms with E-state index in [0.717, 1.165) is 12.0 Å². The molecule has 0 unspecified atom stereocenters. The van der Waals surface area contributed by atoms with Gasteiger partial charge in [0.1, 0.15) is 6.04 Å². The van der Waals surface area contributed by atoms with Crippen molar-refractivity contribution in [1.82, 2.24) is 10.2 Å². The lowest BCUT2D eigenvalue weighted by molar-refractivity contribution is -0.142. The summed E-state index contributed by atoms with van der Waals surface area (Å²) in [6.45, 7) is 5.82. The molecule has 29 heavy (non-hydrogen) atoms. The van der Waals surface area contributed by atoms with Crippen molar-refractivity contribution in [3.63, 3.8) is 0 Å². The van der Waals surface area contributed by atoms with Gasteiger partial charge in [-0.1, -0.05) is 49.4 Å². The summed E-state index contributed by atoms with van der Waals surface area (Å²) in [7, 11) is 1.55. The fourth-order valence-electron chi connectivity index (χ4n) is 2.79. The van der Waals surface area contributed by atoms with Crippen LogP contribution in [0.2, 0.25) is 0 Å². The average Bonchev–Trinajstić information content (AvgIpc) is 2.76. The van der Waals surface area contributed by atoms with Crippen molar-refractivity contribution in [1.29, 1.82) is 0 Å². The first-order valence-electron chi connectivity index (χ1n) is 9.85. The van der Waals surface area contributed by atoms with E-state index in [4.69, 9.17) is 9.47 Å². The van der Waals surface area contributed by atoms with Gasteiger partial charge in [0.15, 0.2) is 18.1 Å². The molecule has 0 spiro atoms. The van der Waals surface area contributed by atoms with Gasteiger partial charge in [0.05, 0.1) is 7.11 Å². The van der Waals surface area contributed by atoms with Gasteiger partial charge in [0.2, 0.25) is 5.91 Å². The summed E-state index contributed by atoms with van der Waals surface area (Å²) < 4.78 is 11.0. The molecule has 0 fully saturated rings. The Bertz CT molecular complexity index is 794. The summed E-state index contributed by atoms with van der Waals surface area (Å²) >= 11 is 0. The fraction of sp³-hybridized carbons (Fsp3) is 0.391. The maximum Gasteiger partial charge on any atom is 0.261 e. The van der Waals surface area contributed by atoms with Crippen molar-refractivity contribution in [3.05, 3.63) is 60.2 Å². The number of hydrogen-bond acceptors (Lipinski definition) is 4. The minimum atomic E-state index is -0.627. The molecule has 6 nitrogen and oxygen atoms in total. The molecule has 0 heterocycles. The normalized spacial score (nSPS) is 12.6. The third-order valence-corrected chi connectivity index (χ3v) is 4.78. The van der Waals surface area contributed by atoms with Crippen LogP contribution in [0.3, 0.4) is 0 Å². The number of rotatable bonds is 10. The minimum Gasteiger partial charge on any atom is -0.493 e. The van der Waals surface area contributed by atoms with Crippen molar-refractivity contribution >= 4 is 11.8 Å². The van der Waals surface area contributed by atoms with Gasteiger partial charge in [-0.25, -0.2) is 0 Å². The van der Waals surface area contributed by atoms with Crippen molar-refractivity contribution in [2.75, 3.05) is 13.7 Å². The van der Waals surface area contributed by atoms with Crippen LogP contribution in [-0.4, -0.2) is 42.5 Å². The van der Waals surface area contributed by atoms with E-state index in [9.17, 15) is 9.59 Å². The number of para-hydroxylation sites is 2. The topological polar surface area (TPSA) is 67.9 Å². The highest BCUT2D eigenvalue weighted by Gasteiger charge is 2.27. The second-order valence-electron chi connectivity index (χ2n) is 6.94. The van der Waals surface area contributed by atoms with Crippen LogP contribution < -0.4 is 14.8 Å². The second kappa shape index (κ2) is 11.1. The number of hydrogen-bond donors (Lipinski definition) is 1. The van der Waals surface area contributed by atoms with Crippen LogP contribution in [-0.2, 0) is 16.1 Å². The molecule has 0 aliphatic carbocycles. The summed E-state index contributed by atoms with van der Waals surface area (Å²) in [5, 5.41) is 2.95. The standard InChI is InChI=1S/C23H30N2O4/c1-5-17(2)24-23(27)18(3)25(15-19-11-7-6-8-12-19)22(26)16-29-21-14-10-9-13-20(21)28-4/h6-14,17-18H,5,15-16H2,1-4H3,(H,24,27)/t17-,18-/m1/s1. The molecule has 2 aromatic rings. The Morgan fingerprint density at radius 3 is 2.24 bits per heavy atom. The van der Waals surface area contributed by atoms with E-state index in [1.54, 1.807) is 31.1 Å². The number of methoxy groups -OCH3 is 1. The number of nitrogens with zero attached hydrogens (tertiary/aromatic N) is 1. The highest BCUT2D eigenvalue weighted by atomic mass is 16.5. The van der Waals surface area contributed by atoms with E-state index < -0.39 is 6.04 Å². The molecule has 2 rings (SSSR count). The van der Waals surface area contributed by atoms with Gasteiger partial charge < -0.3 is 19.7 Å². The lowest BCUT2D eigenvalue weighted by Gasteiger charge is -2.29. The van der Waals surface area contributed by atoms with Crippen LogP contribution in [0.4, 0.5) is 0 Å². The van der Waals surface area contributed by atoms with Crippen LogP contribution in [0.25, 0.3) is 0 Å². The summed E-state index contributed by atoms with van der Waals surface area (Å²) in [5.74, 6) is 0.588.